The summed E-state index contributed by atoms with van der Waals surface area (Å²) in [6.07, 6.45) is -0.706. The van der Waals surface area contributed by atoms with E-state index in [1.165, 1.54) is 0 Å². The van der Waals surface area contributed by atoms with Crippen molar-refractivity contribution in [3.8, 4) is 0 Å². The van der Waals surface area contributed by atoms with Crippen LogP contribution >= 0.6 is 0 Å². The summed E-state index contributed by atoms with van der Waals surface area (Å²) >= 11 is 0. The minimum atomic E-state index is -1.58. The molecule has 0 aliphatic heterocycles. The first-order valence-electron chi connectivity index (χ1n) is 2.20. The van der Waals surface area contributed by atoms with Crippen molar-refractivity contribution in [2.24, 2.45) is 5.73 Å². The topological polar surface area (TPSA) is 201 Å². The minimum absolute atomic E-state index is 0. The number of rotatable bonds is 3. The summed E-state index contributed by atoms with van der Waals surface area (Å²) in [6.45, 7) is 0. The van der Waals surface area contributed by atoms with Crippen molar-refractivity contribution in [3.05, 3.63) is 0 Å². The average molecular weight is 273 g/mol. The third-order valence-corrected chi connectivity index (χ3v) is 0.689. The summed E-state index contributed by atoms with van der Waals surface area (Å²) in [6, 6.07) is -1.46. The molecule has 0 saturated heterocycles. The largest absolute Gasteiger partial charge is 2.00 e. The maximum absolute atomic E-state index is 9.71. The zero-order chi connectivity index (χ0) is 7.44. The van der Waals surface area contributed by atoms with Gasteiger partial charge in [-0.3, -0.25) is 0 Å². The second kappa shape index (κ2) is 14.8. The van der Waals surface area contributed by atoms with E-state index in [9.17, 15) is 19.8 Å². The first-order valence-corrected chi connectivity index (χ1v) is 2.20. The Bertz CT molecular complexity index is 140. The third kappa shape index (κ3) is 18.9. The maximum atomic E-state index is 9.71. The van der Waals surface area contributed by atoms with E-state index in [-0.39, 0.29) is 61.9 Å². The molecule has 13 heavy (non-hydrogen) atoms. The fraction of sp³-hybridized carbons (Fsp3) is 0.500. The number of hydrogen-bond acceptors (Lipinski definition) is 5. The molecule has 76 valence electrons. The summed E-state index contributed by atoms with van der Waals surface area (Å²) in [5, 5.41) is 19.3. The summed E-state index contributed by atoms with van der Waals surface area (Å²) in [5.41, 5.74) is 4.73. The van der Waals surface area contributed by atoms with Crippen LogP contribution in [0.3, 0.4) is 0 Å². The fourth-order valence-corrected chi connectivity index (χ4v) is 0.263. The molecule has 0 aromatic heterocycles. The van der Waals surface area contributed by atoms with Crippen LogP contribution in [0.25, 0.3) is 0 Å². The fourth-order valence-electron chi connectivity index (χ4n) is 0.263. The molecule has 0 unspecified atom stereocenters. The van der Waals surface area contributed by atoms with Crippen LogP contribution in [0, 0.1) is 0 Å². The maximum Gasteiger partial charge on any atom is 2.00 e. The molecule has 1 atom stereocenters. The van der Waals surface area contributed by atoms with E-state index in [2.05, 4.69) is 0 Å². The Hall–Kier alpha value is 0.261. The van der Waals surface area contributed by atoms with Gasteiger partial charge in [-0.25, -0.2) is 0 Å². The molecule has 0 heterocycles. The summed E-state index contributed by atoms with van der Waals surface area (Å²) in [4.78, 5) is 19.3. The molecular weight excluding hydrogens is 262 g/mol. The first-order chi connectivity index (χ1) is 4.04. The molecule has 0 spiro atoms. The summed E-state index contributed by atoms with van der Waals surface area (Å²) in [7, 11) is 0. The van der Waals surface area contributed by atoms with Crippen LogP contribution in [0.5, 0.6) is 0 Å². The monoisotopic (exact) mass is 273 g/mol. The summed E-state index contributed by atoms with van der Waals surface area (Å²) in [5.74, 6) is -3.08. The van der Waals surface area contributed by atoms with Crippen molar-refractivity contribution in [2.45, 2.75) is 12.5 Å². The van der Waals surface area contributed by atoms with Gasteiger partial charge in [0.15, 0.2) is 0 Å². The Kier molecular flexibility index (Phi) is 33.2. The number of carboxylic acids is 2. The van der Waals surface area contributed by atoms with E-state index >= 15 is 0 Å². The Morgan fingerprint density at radius 3 is 1.54 bits per heavy atom. The van der Waals surface area contributed by atoms with Crippen molar-refractivity contribution in [3.63, 3.8) is 0 Å². The quantitative estimate of drug-likeness (QED) is 0.496. The van der Waals surface area contributed by atoms with Crippen molar-refractivity contribution < 1.29 is 36.2 Å². The predicted molar refractivity (Wildman–Crippen MR) is 39.2 cm³/mol. The number of carbonyl (C=O) groups excluding carboxylic acids is 2. The second-order valence-corrected chi connectivity index (χ2v) is 1.50. The van der Waals surface area contributed by atoms with E-state index in [0.29, 0.717) is 0 Å². The average Bonchev–Trinajstić information content (AvgIpc) is 1.63. The van der Waals surface area contributed by atoms with Crippen LogP contribution in [0.2, 0.25) is 0 Å². The number of carbonyl (C=O) groups is 2. The molecule has 0 amide bonds. The van der Waals surface area contributed by atoms with Gasteiger partial charge in [-0.2, -0.15) is 0 Å². The van der Waals surface area contributed by atoms with Gasteiger partial charge in [-0.05, 0) is 0 Å². The van der Waals surface area contributed by atoms with E-state index < -0.39 is 24.4 Å². The molecule has 9 heteroatoms. The van der Waals surface area contributed by atoms with Gasteiger partial charge in [-0.15, -0.1) is 0 Å². The van der Waals surface area contributed by atoms with Crippen LogP contribution in [-0.4, -0.2) is 79.9 Å². The number of carboxylic acid groups (broad SMARTS) is 2. The molecule has 0 bridgehead atoms. The van der Waals surface area contributed by atoms with Gasteiger partial charge in [0.05, 0.1) is 5.97 Å². The Morgan fingerprint density at radius 1 is 1.15 bits per heavy atom. The molecule has 0 fully saturated rings. The number of nitrogens with two attached hydrogens (primary N) is 1. The van der Waals surface area contributed by atoms with Crippen molar-refractivity contribution in [2.75, 3.05) is 0 Å². The van der Waals surface area contributed by atoms with Gasteiger partial charge in [0.1, 0.15) is 0 Å². The SMILES string of the molecule is N[C@@H](CC(=O)[O-])C(=O)[O-].O.O.O.[Sr+2]. The molecule has 0 radical (unpaired) electrons. The molecule has 8 N–H and O–H groups in total. The second-order valence-electron chi connectivity index (χ2n) is 1.50. The van der Waals surface area contributed by atoms with Gasteiger partial charge in [0.25, 0.3) is 0 Å². The normalized spacial score (nSPS) is 8.69. The molecule has 0 rings (SSSR count). The first kappa shape index (κ1) is 29.2. The van der Waals surface area contributed by atoms with Crippen molar-refractivity contribution in [1.82, 2.24) is 0 Å². The molecule has 0 aromatic rings. The van der Waals surface area contributed by atoms with Crippen LogP contribution in [0.4, 0.5) is 0 Å². The van der Waals surface area contributed by atoms with E-state index in [0.717, 1.165) is 0 Å². The molecule has 8 nitrogen and oxygen atoms in total. The van der Waals surface area contributed by atoms with E-state index in [1.54, 1.807) is 0 Å². The zero-order valence-electron chi connectivity index (χ0n) is 6.70. The van der Waals surface area contributed by atoms with Crippen molar-refractivity contribution in [1.29, 1.82) is 0 Å². The smallest absolute Gasteiger partial charge is 0.550 e. The van der Waals surface area contributed by atoms with E-state index in [4.69, 9.17) is 5.73 Å². The Balaban J connectivity index is -0.0000000533. The van der Waals surface area contributed by atoms with Gasteiger partial charge in [-0.1, -0.05) is 0 Å². The predicted octanol–water partition coefficient (Wildman–Crippen LogP) is -6.65. The van der Waals surface area contributed by atoms with E-state index in [1.807, 2.05) is 0 Å². The molecule has 0 aliphatic rings. The van der Waals surface area contributed by atoms with Crippen LogP contribution < -0.4 is 15.9 Å². The molecule has 0 saturated carbocycles. The molecule has 0 aromatic carbocycles. The number of aliphatic carboxylic acids is 2. The Morgan fingerprint density at radius 2 is 1.46 bits per heavy atom. The summed E-state index contributed by atoms with van der Waals surface area (Å²) < 4.78 is 0. The van der Waals surface area contributed by atoms with Gasteiger partial charge in [0, 0.05) is 18.4 Å². The van der Waals surface area contributed by atoms with Crippen LogP contribution in [0.1, 0.15) is 6.42 Å². The standard InChI is InChI=1S/C4H7NO4.3H2O.Sr/c5-2(4(8)9)1-3(6)7;;;;/h2H,1,5H2,(H,6,7)(H,8,9);3*1H2;/q;;;;+2/p-2/t2-;;;;/m0..../s1. The van der Waals surface area contributed by atoms with Crippen molar-refractivity contribution >= 4 is 57.4 Å². The molecular formula is C4H11NO7Sr. The Labute approximate surface area is 111 Å². The van der Waals surface area contributed by atoms with Gasteiger partial charge < -0.3 is 42.0 Å². The van der Waals surface area contributed by atoms with Gasteiger partial charge >= 0.3 is 45.5 Å². The van der Waals surface area contributed by atoms with Gasteiger partial charge in [0.2, 0.25) is 0 Å². The third-order valence-electron chi connectivity index (χ3n) is 0.689. The number of hydrogen-bond donors (Lipinski definition) is 1. The minimum Gasteiger partial charge on any atom is -0.550 e. The van der Waals surface area contributed by atoms with Crippen LogP contribution in [-0.2, 0) is 9.59 Å². The molecule has 0 aliphatic carbocycles. The van der Waals surface area contributed by atoms with Crippen LogP contribution in [0.15, 0.2) is 0 Å². The zero-order valence-corrected chi connectivity index (χ0v) is 10.2.